The molecule has 1 aliphatic heterocycles. The molecule has 0 spiro atoms. The predicted molar refractivity (Wildman–Crippen MR) is 50.5 cm³/mol. The summed E-state index contributed by atoms with van der Waals surface area (Å²) >= 11 is 5.77. The zero-order chi connectivity index (χ0) is 9.42. The Labute approximate surface area is 81.5 Å². The van der Waals surface area contributed by atoms with Crippen LogP contribution in [0.3, 0.4) is 0 Å². The van der Waals surface area contributed by atoms with E-state index in [0.717, 1.165) is 0 Å². The Morgan fingerprint density at radius 1 is 1.54 bits per heavy atom. The fourth-order valence-electron chi connectivity index (χ4n) is 1.45. The van der Waals surface area contributed by atoms with Gasteiger partial charge in [-0.25, -0.2) is 0 Å². The first-order valence-corrected chi connectivity index (χ1v) is 4.54. The van der Waals surface area contributed by atoms with E-state index in [9.17, 15) is 4.79 Å². The van der Waals surface area contributed by atoms with Crippen molar-refractivity contribution in [1.29, 1.82) is 0 Å². The highest BCUT2D eigenvalue weighted by Gasteiger charge is 2.23. The molecule has 0 saturated heterocycles. The molecule has 0 saturated carbocycles. The lowest BCUT2D eigenvalue weighted by atomic mass is 10.0. The molecule has 1 atom stereocenters. The molecule has 0 radical (unpaired) electrons. The Bertz CT molecular complexity index is 360. The molecule has 68 valence electrons. The molecule has 0 aromatic heterocycles. The van der Waals surface area contributed by atoms with Crippen molar-refractivity contribution >= 4 is 17.4 Å². The second-order valence-electron chi connectivity index (χ2n) is 3.20. The van der Waals surface area contributed by atoms with Gasteiger partial charge < -0.3 is 4.74 Å². The number of ketones is 1. The number of fused-ring (bicyclic) bond motifs is 1. The second kappa shape index (κ2) is 3.04. The smallest absolute Gasteiger partial charge is 0.170 e. The third-order valence-electron chi connectivity index (χ3n) is 2.04. The summed E-state index contributed by atoms with van der Waals surface area (Å²) in [5, 5.41) is 0.574. The van der Waals surface area contributed by atoms with Crippen LogP contribution in [0.15, 0.2) is 18.2 Å². The lowest BCUT2D eigenvalue weighted by Crippen LogP contribution is -2.23. The van der Waals surface area contributed by atoms with Crippen LogP contribution in [0, 0.1) is 0 Å². The molecular weight excluding hydrogens is 188 g/mol. The maximum atomic E-state index is 11.5. The van der Waals surface area contributed by atoms with E-state index in [4.69, 9.17) is 16.3 Å². The molecule has 1 aromatic carbocycles. The van der Waals surface area contributed by atoms with Crippen LogP contribution in [-0.4, -0.2) is 11.9 Å². The van der Waals surface area contributed by atoms with Gasteiger partial charge in [-0.1, -0.05) is 11.6 Å². The number of ether oxygens (including phenoxy) is 1. The summed E-state index contributed by atoms with van der Waals surface area (Å²) < 4.78 is 5.48. The van der Waals surface area contributed by atoms with Crippen molar-refractivity contribution in [3.05, 3.63) is 28.8 Å². The number of halogens is 1. The van der Waals surface area contributed by atoms with Crippen LogP contribution >= 0.6 is 11.6 Å². The van der Waals surface area contributed by atoms with Gasteiger partial charge in [0.2, 0.25) is 0 Å². The average molecular weight is 197 g/mol. The molecule has 0 amide bonds. The minimum Gasteiger partial charge on any atom is -0.489 e. The van der Waals surface area contributed by atoms with Crippen molar-refractivity contribution in [2.24, 2.45) is 0 Å². The first-order chi connectivity index (χ1) is 6.16. The molecule has 0 aliphatic carbocycles. The Morgan fingerprint density at radius 3 is 3.08 bits per heavy atom. The lowest BCUT2D eigenvalue weighted by Gasteiger charge is -2.21. The van der Waals surface area contributed by atoms with Crippen LogP contribution < -0.4 is 4.74 Å². The van der Waals surface area contributed by atoms with E-state index in [2.05, 4.69) is 0 Å². The van der Waals surface area contributed by atoms with Gasteiger partial charge in [0.1, 0.15) is 11.9 Å². The Morgan fingerprint density at radius 2 is 2.31 bits per heavy atom. The molecule has 0 fully saturated rings. The Hall–Kier alpha value is -1.02. The zero-order valence-corrected chi connectivity index (χ0v) is 7.97. The predicted octanol–water partition coefficient (Wildman–Crippen LogP) is 2.69. The fourth-order valence-corrected chi connectivity index (χ4v) is 1.62. The molecule has 2 nitrogen and oxygen atoms in total. The number of benzene rings is 1. The lowest BCUT2D eigenvalue weighted by molar-refractivity contribution is 0.0871. The molecule has 1 aliphatic rings. The van der Waals surface area contributed by atoms with Crippen LogP contribution in [0.25, 0.3) is 0 Å². The van der Waals surface area contributed by atoms with Gasteiger partial charge in [0.15, 0.2) is 5.78 Å². The summed E-state index contributed by atoms with van der Waals surface area (Å²) in [5.74, 6) is 0.754. The Balaban J connectivity index is 2.49. The van der Waals surface area contributed by atoms with Crippen molar-refractivity contribution < 1.29 is 9.53 Å². The normalized spacial score (nSPS) is 20.8. The van der Waals surface area contributed by atoms with Crippen LogP contribution in [0.1, 0.15) is 23.7 Å². The van der Waals surface area contributed by atoms with Crippen molar-refractivity contribution in [2.75, 3.05) is 0 Å². The number of rotatable bonds is 0. The van der Waals surface area contributed by atoms with Gasteiger partial charge in [-0.3, -0.25) is 4.79 Å². The van der Waals surface area contributed by atoms with Gasteiger partial charge in [-0.05, 0) is 25.1 Å². The van der Waals surface area contributed by atoms with Crippen molar-refractivity contribution in [3.8, 4) is 5.75 Å². The Kier molecular flexibility index (Phi) is 2.00. The molecule has 1 heterocycles. The van der Waals surface area contributed by atoms with E-state index in [1.807, 2.05) is 6.92 Å². The fraction of sp³-hybridized carbons (Fsp3) is 0.300. The third-order valence-corrected chi connectivity index (χ3v) is 2.28. The summed E-state index contributed by atoms with van der Waals surface area (Å²) in [6.07, 6.45) is 0.411. The quantitative estimate of drug-likeness (QED) is 0.638. The van der Waals surface area contributed by atoms with Crippen molar-refractivity contribution in [3.63, 3.8) is 0 Å². The summed E-state index contributed by atoms with van der Waals surface area (Å²) in [6.45, 7) is 1.88. The highest BCUT2D eigenvalue weighted by Crippen LogP contribution is 2.29. The summed E-state index contributed by atoms with van der Waals surface area (Å²) in [7, 11) is 0. The van der Waals surface area contributed by atoms with Gasteiger partial charge in [0.25, 0.3) is 0 Å². The number of Topliss-reactive ketones (excluding diaryl/α,β-unsaturated/α-hetero) is 1. The largest absolute Gasteiger partial charge is 0.489 e. The molecule has 0 bridgehead atoms. The topological polar surface area (TPSA) is 26.3 Å². The van der Waals surface area contributed by atoms with Gasteiger partial charge in [0.05, 0.1) is 5.56 Å². The van der Waals surface area contributed by atoms with E-state index >= 15 is 0 Å². The molecule has 0 N–H and O–H groups in total. The molecule has 0 unspecified atom stereocenters. The third kappa shape index (κ3) is 1.54. The molecule has 2 rings (SSSR count). The molecular formula is C10H9ClO2. The van der Waals surface area contributed by atoms with Crippen LogP contribution in [-0.2, 0) is 0 Å². The maximum absolute atomic E-state index is 11.5. The standard InChI is InChI=1S/C10H9ClO2/c1-6-4-9(12)8-5-7(11)2-3-10(8)13-6/h2-3,5-6H,4H2,1H3/t6-/m0/s1. The summed E-state index contributed by atoms with van der Waals surface area (Å²) in [6, 6.07) is 5.13. The summed E-state index contributed by atoms with van der Waals surface area (Å²) in [4.78, 5) is 11.5. The summed E-state index contributed by atoms with van der Waals surface area (Å²) in [5.41, 5.74) is 0.602. The zero-order valence-electron chi connectivity index (χ0n) is 7.21. The minimum atomic E-state index is -0.0267. The first kappa shape index (κ1) is 8.57. The van der Waals surface area contributed by atoms with Gasteiger partial charge in [-0.2, -0.15) is 0 Å². The van der Waals surface area contributed by atoms with Crippen molar-refractivity contribution in [1.82, 2.24) is 0 Å². The highest BCUT2D eigenvalue weighted by molar-refractivity contribution is 6.31. The molecule has 1 aromatic rings. The SMILES string of the molecule is C[C@H]1CC(=O)c2cc(Cl)ccc2O1. The maximum Gasteiger partial charge on any atom is 0.170 e. The first-order valence-electron chi connectivity index (χ1n) is 4.16. The molecule has 3 heteroatoms. The van der Waals surface area contributed by atoms with Gasteiger partial charge in [0, 0.05) is 11.4 Å². The molecule has 13 heavy (non-hydrogen) atoms. The highest BCUT2D eigenvalue weighted by atomic mass is 35.5. The number of hydrogen-bond donors (Lipinski definition) is 0. The second-order valence-corrected chi connectivity index (χ2v) is 3.63. The van der Waals surface area contributed by atoms with E-state index in [1.54, 1.807) is 18.2 Å². The number of carbonyl (C=O) groups is 1. The van der Waals surface area contributed by atoms with Gasteiger partial charge >= 0.3 is 0 Å². The van der Waals surface area contributed by atoms with Crippen LogP contribution in [0.4, 0.5) is 0 Å². The minimum absolute atomic E-state index is 0.0267. The monoisotopic (exact) mass is 196 g/mol. The van der Waals surface area contributed by atoms with E-state index in [-0.39, 0.29) is 11.9 Å². The number of carbonyl (C=O) groups excluding carboxylic acids is 1. The van der Waals surface area contributed by atoms with E-state index < -0.39 is 0 Å². The van der Waals surface area contributed by atoms with E-state index in [1.165, 1.54) is 0 Å². The average Bonchev–Trinajstić information content (AvgIpc) is 2.06. The van der Waals surface area contributed by atoms with Crippen LogP contribution in [0.2, 0.25) is 5.02 Å². The number of hydrogen-bond acceptors (Lipinski definition) is 2. The van der Waals surface area contributed by atoms with Crippen molar-refractivity contribution in [2.45, 2.75) is 19.4 Å². The van der Waals surface area contributed by atoms with Gasteiger partial charge in [-0.15, -0.1) is 0 Å². The van der Waals surface area contributed by atoms with E-state index in [0.29, 0.717) is 22.8 Å². The van der Waals surface area contributed by atoms with Crippen LogP contribution in [0.5, 0.6) is 5.75 Å².